The molecular formula is C24H26N4O4. The van der Waals surface area contributed by atoms with Crippen molar-refractivity contribution < 1.29 is 14.3 Å². The van der Waals surface area contributed by atoms with Crippen LogP contribution < -0.4 is 16.2 Å². The third kappa shape index (κ3) is 5.81. The summed E-state index contributed by atoms with van der Waals surface area (Å²) in [4.78, 5) is 41.4. The molecule has 0 saturated heterocycles. The zero-order chi connectivity index (χ0) is 23.3. The van der Waals surface area contributed by atoms with E-state index in [1.165, 1.54) is 10.6 Å². The van der Waals surface area contributed by atoms with Gasteiger partial charge in [0.2, 0.25) is 11.9 Å². The highest BCUT2D eigenvalue weighted by Crippen LogP contribution is 2.18. The van der Waals surface area contributed by atoms with E-state index in [1.54, 1.807) is 38.1 Å². The van der Waals surface area contributed by atoms with Gasteiger partial charge in [-0.15, -0.1) is 0 Å². The van der Waals surface area contributed by atoms with Crippen LogP contribution in [0.4, 0.5) is 17.3 Å². The van der Waals surface area contributed by atoms with E-state index < -0.39 is 11.9 Å². The van der Waals surface area contributed by atoms with E-state index in [9.17, 15) is 14.4 Å². The number of aryl methyl sites for hydroxylation is 3. The van der Waals surface area contributed by atoms with Gasteiger partial charge in [0, 0.05) is 23.1 Å². The standard InChI is InChI=1S/C24H26N4O4/c1-5-32-23(31)18-6-8-19(9-7-18)26-21(29)14-28-22(30)13-17(4)25-24(28)27-20-11-15(2)10-16(3)12-20/h6-13H,5,14H2,1-4H3,(H,25,27)(H,26,29). The van der Waals surface area contributed by atoms with Gasteiger partial charge >= 0.3 is 5.97 Å². The third-order valence-electron chi connectivity index (χ3n) is 4.60. The fraction of sp³-hybridized carbons (Fsp3) is 0.250. The fourth-order valence-corrected chi connectivity index (χ4v) is 3.29. The van der Waals surface area contributed by atoms with Crippen LogP contribution in [-0.4, -0.2) is 28.0 Å². The first kappa shape index (κ1) is 22.7. The van der Waals surface area contributed by atoms with Gasteiger partial charge in [0.1, 0.15) is 6.54 Å². The zero-order valence-electron chi connectivity index (χ0n) is 18.6. The average Bonchev–Trinajstić information content (AvgIpc) is 2.70. The van der Waals surface area contributed by atoms with Crippen LogP contribution in [-0.2, 0) is 16.1 Å². The van der Waals surface area contributed by atoms with E-state index in [1.807, 2.05) is 32.0 Å². The quantitative estimate of drug-likeness (QED) is 0.550. The predicted molar refractivity (Wildman–Crippen MR) is 123 cm³/mol. The number of hydrogen-bond acceptors (Lipinski definition) is 6. The summed E-state index contributed by atoms with van der Waals surface area (Å²) >= 11 is 0. The number of aromatic nitrogens is 2. The predicted octanol–water partition coefficient (Wildman–Crippen LogP) is 3.73. The van der Waals surface area contributed by atoms with E-state index >= 15 is 0 Å². The third-order valence-corrected chi connectivity index (χ3v) is 4.60. The van der Waals surface area contributed by atoms with E-state index in [0.29, 0.717) is 16.9 Å². The molecule has 8 nitrogen and oxygen atoms in total. The fourth-order valence-electron chi connectivity index (χ4n) is 3.29. The first-order chi connectivity index (χ1) is 15.2. The van der Waals surface area contributed by atoms with Gasteiger partial charge in [0.05, 0.1) is 12.2 Å². The number of carbonyl (C=O) groups excluding carboxylic acids is 2. The highest BCUT2D eigenvalue weighted by atomic mass is 16.5. The Labute approximate surface area is 186 Å². The topological polar surface area (TPSA) is 102 Å². The van der Waals surface area contributed by atoms with Crippen molar-refractivity contribution in [3.8, 4) is 0 Å². The van der Waals surface area contributed by atoms with E-state index in [2.05, 4.69) is 15.6 Å². The Hall–Kier alpha value is -3.94. The van der Waals surface area contributed by atoms with Crippen molar-refractivity contribution >= 4 is 29.2 Å². The van der Waals surface area contributed by atoms with Gasteiger partial charge in [0.15, 0.2) is 0 Å². The van der Waals surface area contributed by atoms with Crippen LogP contribution in [0.3, 0.4) is 0 Å². The number of nitrogens with zero attached hydrogens (tertiary/aromatic N) is 2. The molecule has 166 valence electrons. The Morgan fingerprint density at radius 2 is 1.62 bits per heavy atom. The van der Waals surface area contributed by atoms with Crippen molar-refractivity contribution in [1.82, 2.24) is 9.55 Å². The maximum atomic E-state index is 12.6. The maximum Gasteiger partial charge on any atom is 0.338 e. The van der Waals surface area contributed by atoms with Crippen molar-refractivity contribution in [1.29, 1.82) is 0 Å². The molecule has 0 radical (unpaired) electrons. The molecule has 0 saturated carbocycles. The summed E-state index contributed by atoms with van der Waals surface area (Å²) in [6.07, 6.45) is 0. The lowest BCUT2D eigenvalue weighted by Crippen LogP contribution is -2.30. The summed E-state index contributed by atoms with van der Waals surface area (Å²) in [5.74, 6) is -0.539. The Kier molecular flexibility index (Phi) is 7.04. The number of ether oxygens (including phenoxy) is 1. The lowest BCUT2D eigenvalue weighted by Gasteiger charge is -2.15. The van der Waals surface area contributed by atoms with E-state index in [0.717, 1.165) is 16.8 Å². The minimum Gasteiger partial charge on any atom is -0.462 e. The molecule has 1 heterocycles. The van der Waals surface area contributed by atoms with Gasteiger partial charge in [-0.2, -0.15) is 0 Å². The summed E-state index contributed by atoms with van der Waals surface area (Å²) < 4.78 is 6.23. The molecule has 0 unspecified atom stereocenters. The Morgan fingerprint density at radius 1 is 0.969 bits per heavy atom. The zero-order valence-corrected chi connectivity index (χ0v) is 18.6. The second-order valence-corrected chi connectivity index (χ2v) is 7.49. The Morgan fingerprint density at radius 3 is 2.25 bits per heavy atom. The second-order valence-electron chi connectivity index (χ2n) is 7.49. The van der Waals surface area contributed by atoms with Crippen LogP contribution in [0.15, 0.2) is 53.3 Å². The highest BCUT2D eigenvalue weighted by molar-refractivity contribution is 5.93. The van der Waals surface area contributed by atoms with Crippen molar-refractivity contribution in [3.63, 3.8) is 0 Å². The number of amides is 1. The molecule has 32 heavy (non-hydrogen) atoms. The molecule has 0 aliphatic rings. The summed E-state index contributed by atoms with van der Waals surface area (Å²) in [6, 6.07) is 13.7. The van der Waals surface area contributed by atoms with Gasteiger partial charge in [-0.3, -0.25) is 14.2 Å². The molecule has 0 fully saturated rings. The number of carbonyl (C=O) groups is 2. The summed E-state index contributed by atoms with van der Waals surface area (Å²) in [5, 5.41) is 5.89. The van der Waals surface area contributed by atoms with Crippen LogP contribution >= 0.6 is 0 Å². The normalized spacial score (nSPS) is 10.5. The lowest BCUT2D eigenvalue weighted by atomic mass is 10.1. The molecule has 0 atom stereocenters. The largest absolute Gasteiger partial charge is 0.462 e. The van der Waals surface area contributed by atoms with Crippen molar-refractivity contribution in [3.05, 3.63) is 81.3 Å². The number of hydrogen-bond donors (Lipinski definition) is 2. The summed E-state index contributed by atoms with van der Waals surface area (Å²) in [7, 11) is 0. The van der Waals surface area contributed by atoms with Crippen LogP contribution in [0.25, 0.3) is 0 Å². The van der Waals surface area contributed by atoms with Crippen molar-refractivity contribution in [2.45, 2.75) is 34.2 Å². The van der Waals surface area contributed by atoms with Gasteiger partial charge in [-0.1, -0.05) is 6.07 Å². The molecule has 0 aliphatic heterocycles. The van der Waals surface area contributed by atoms with Gasteiger partial charge in [-0.25, -0.2) is 9.78 Å². The molecule has 2 N–H and O–H groups in total. The minimum absolute atomic E-state index is 0.223. The second kappa shape index (κ2) is 9.91. The first-order valence-electron chi connectivity index (χ1n) is 10.3. The SMILES string of the molecule is CCOC(=O)c1ccc(NC(=O)Cn2c(Nc3cc(C)cc(C)c3)nc(C)cc2=O)cc1. The highest BCUT2D eigenvalue weighted by Gasteiger charge is 2.13. The average molecular weight is 434 g/mol. The molecule has 0 bridgehead atoms. The van der Waals surface area contributed by atoms with Gasteiger partial charge < -0.3 is 15.4 Å². The summed E-state index contributed by atoms with van der Waals surface area (Å²) in [5.41, 5.74) is 4.02. The molecular weight excluding hydrogens is 408 g/mol. The van der Waals surface area contributed by atoms with E-state index in [-0.39, 0.29) is 24.7 Å². The van der Waals surface area contributed by atoms with E-state index in [4.69, 9.17) is 4.74 Å². The lowest BCUT2D eigenvalue weighted by molar-refractivity contribution is -0.116. The van der Waals surface area contributed by atoms with Crippen LogP contribution in [0.5, 0.6) is 0 Å². The molecule has 8 heteroatoms. The van der Waals surface area contributed by atoms with Crippen LogP contribution in [0.1, 0.15) is 34.1 Å². The molecule has 1 aromatic heterocycles. The number of esters is 1. The summed E-state index contributed by atoms with van der Waals surface area (Å²) in [6.45, 7) is 7.49. The Bertz CT molecular complexity index is 1180. The molecule has 0 aliphatic carbocycles. The van der Waals surface area contributed by atoms with Gasteiger partial charge in [0.25, 0.3) is 5.56 Å². The number of rotatable bonds is 7. The molecule has 2 aromatic carbocycles. The number of benzene rings is 2. The van der Waals surface area contributed by atoms with Gasteiger partial charge in [-0.05, 0) is 75.2 Å². The smallest absolute Gasteiger partial charge is 0.338 e. The Balaban J connectivity index is 1.78. The molecule has 3 aromatic rings. The number of anilines is 3. The first-order valence-corrected chi connectivity index (χ1v) is 10.3. The monoisotopic (exact) mass is 434 g/mol. The minimum atomic E-state index is -0.426. The van der Waals surface area contributed by atoms with Crippen LogP contribution in [0, 0.1) is 20.8 Å². The molecule has 1 amide bonds. The molecule has 0 spiro atoms. The van der Waals surface area contributed by atoms with Crippen molar-refractivity contribution in [2.75, 3.05) is 17.2 Å². The molecule has 3 rings (SSSR count). The maximum absolute atomic E-state index is 12.6. The van der Waals surface area contributed by atoms with Crippen LogP contribution in [0.2, 0.25) is 0 Å². The van der Waals surface area contributed by atoms with Crippen molar-refractivity contribution in [2.24, 2.45) is 0 Å². The number of nitrogens with one attached hydrogen (secondary N) is 2.